The average molecular weight is 552 g/mol. The van der Waals surface area contributed by atoms with Crippen molar-refractivity contribution in [2.75, 3.05) is 31.5 Å². The van der Waals surface area contributed by atoms with Crippen molar-refractivity contribution in [3.05, 3.63) is 81.6 Å². The van der Waals surface area contributed by atoms with Gasteiger partial charge >= 0.3 is 0 Å². The molecule has 0 bridgehead atoms. The van der Waals surface area contributed by atoms with Crippen molar-refractivity contribution in [2.24, 2.45) is 0 Å². The van der Waals surface area contributed by atoms with Crippen molar-refractivity contribution < 1.29 is 0 Å². The topological polar surface area (TPSA) is 123 Å². The number of aromatic nitrogens is 6. The molecule has 1 aromatic carbocycles. The number of aryl methyl sites for hydroxylation is 1. The number of rotatable bonds is 6. The molecule has 4 aromatic heterocycles. The smallest absolute Gasteiger partial charge is 0.268 e. The molecule has 6 heterocycles. The van der Waals surface area contributed by atoms with E-state index in [1.54, 1.807) is 17.0 Å². The molecule has 11 heteroatoms. The summed E-state index contributed by atoms with van der Waals surface area (Å²) >= 11 is 1.39. The van der Waals surface area contributed by atoms with Gasteiger partial charge in [0.15, 0.2) is 10.8 Å². The number of thiazole rings is 1. The van der Waals surface area contributed by atoms with E-state index in [1.807, 2.05) is 36.7 Å². The van der Waals surface area contributed by atoms with Gasteiger partial charge in [0.05, 0.1) is 11.3 Å². The predicted molar refractivity (Wildman–Crippen MR) is 157 cm³/mol. The minimum Gasteiger partial charge on any atom is -0.324 e. The summed E-state index contributed by atoms with van der Waals surface area (Å²) in [5.74, 6) is 1.96. The van der Waals surface area contributed by atoms with Gasteiger partial charge in [-0.25, -0.2) is 24.5 Å². The molecule has 2 aliphatic rings. The molecular formula is C29H29N9OS. The molecule has 0 saturated carbocycles. The Morgan fingerprint density at radius 2 is 1.77 bits per heavy atom. The second kappa shape index (κ2) is 10.5. The Balaban J connectivity index is 1.29. The third kappa shape index (κ3) is 4.66. The largest absolute Gasteiger partial charge is 0.324 e. The van der Waals surface area contributed by atoms with Crippen LogP contribution in [0.5, 0.6) is 0 Å². The number of hydrogen-bond acceptors (Lipinski definition) is 10. The number of nitrogens with zero attached hydrogens (tertiary/aromatic N) is 6. The van der Waals surface area contributed by atoms with Gasteiger partial charge in [0.25, 0.3) is 5.56 Å². The van der Waals surface area contributed by atoms with E-state index in [0.29, 0.717) is 33.9 Å². The van der Waals surface area contributed by atoms with E-state index >= 15 is 0 Å². The number of fused-ring (bicyclic) bond motifs is 1. The van der Waals surface area contributed by atoms with Crippen LogP contribution >= 0.6 is 11.3 Å². The molecule has 5 aromatic rings. The Morgan fingerprint density at radius 1 is 0.975 bits per heavy atom. The van der Waals surface area contributed by atoms with Crippen molar-refractivity contribution in [1.82, 2.24) is 40.1 Å². The highest BCUT2D eigenvalue weighted by atomic mass is 32.1. The maximum Gasteiger partial charge on any atom is 0.268 e. The van der Waals surface area contributed by atoms with Crippen LogP contribution in [-0.4, -0.2) is 55.7 Å². The zero-order valence-electron chi connectivity index (χ0n) is 22.1. The Morgan fingerprint density at radius 3 is 2.50 bits per heavy atom. The number of pyridine rings is 1. The molecule has 2 unspecified atom stereocenters. The van der Waals surface area contributed by atoms with Crippen LogP contribution in [-0.2, 0) is 0 Å². The van der Waals surface area contributed by atoms with Crippen LogP contribution in [0.15, 0.2) is 59.1 Å². The molecule has 0 amide bonds. The second-order valence-electron chi connectivity index (χ2n) is 10.4. The summed E-state index contributed by atoms with van der Waals surface area (Å²) in [5.41, 5.74) is 4.44. The minimum atomic E-state index is -0.223. The van der Waals surface area contributed by atoms with Crippen LogP contribution in [0.25, 0.3) is 27.4 Å². The fourth-order valence-electron chi connectivity index (χ4n) is 5.54. The maximum absolute atomic E-state index is 14.1. The van der Waals surface area contributed by atoms with Crippen molar-refractivity contribution in [3.63, 3.8) is 0 Å². The predicted octanol–water partition coefficient (Wildman–Crippen LogP) is 3.90. The third-order valence-corrected chi connectivity index (χ3v) is 8.48. The van der Waals surface area contributed by atoms with E-state index in [0.717, 1.165) is 61.5 Å². The number of nitrogens with one attached hydrogen (secondary N) is 3. The van der Waals surface area contributed by atoms with Gasteiger partial charge in [-0.2, -0.15) is 4.98 Å². The lowest BCUT2D eigenvalue weighted by molar-refractivity contribution is 0.701. The lowest BCUT2D eigenvalue weighted by Gasteiger charge is -2.14. The first-order chi connectivity index (χ1) is 19.6. The van der Waals surface area contributed by atoms with E-state index in [9.17, 15) is 4.79 Å². The van der Waals surface area contributed by atoms with Gasteiger partial charge in [-0.3, -0.25) is 4.79 Å². The summed E-state index contributed by atoms with van der Waals surface area (Å²) < 4.78 is 1.57. The number of anilines is 2. The molecule has 2 fully saturated rings. The molecule has 2 atom stereocenters. The molecular weight excluding hydrogens is 522 g/mol. The van der Waals surface area contributed by atoms with Crippen LogP contribution < -0.4 is 21.5 Å². The molecule has 0 aliphatic carbocycles. The van der Waals surface area contributed by atoms with Crippen LogP contribution in [0.1, 0.15) is 41.6 Å². The summed E-state index contributed by atoms with van der Waals surface area (Å²) in [5, 5.41) is 13.2. The standard InChI is InChI=1S/C29H29N9OS/c1-17-13-33-25(20-7-9-31-15-20)36-24(17)23-12-21-16-34-28(37-26(21)38(27(23)39)29-32-10-11-40-29)35-22-4-2-18(3-5-22)19-6-8-30-14-19/h2-5,10-13,16,19-20,30-31H,6-9,14-15H2,1H3,(H,34,35,37). The van der Waals surface area contributed by atoms with Crippen molar-refractivity contribution in [3.8, 4) is 16.4 Å². The Bertz CT molecular complexity index is 1720. The summed E-state index contributed by atoms with van der Waals surface area (Å²) in [6, 6.07) is 10.2. The van der Waals surface area contributed by atoms with Crippen molar-refractivity contribution >= 4 is 34.0 Å². The highest BCUT2D eigenvalue weighted by Crippen LogP contribution is 2.28. The van der Waals surface area contributed by atoms with Gasteiger partial charge in [0.2, 0.25) is 5.95 Å². The minimum absolute atomic E-state index is 0.223. The van der Waals surface area contributed by atoms with Crippen molar-refractivity contribution in [1.29, 1.82) is 0 Å². The highest BCUT2D eigenvalue weighted by molar-refractivity contribution is 7.12. The molecule has 202 valence electrons. The molecule has 0 spiro atoms. The summed E-state index contributed by atoms with van der Waals surface area (Å²) in [4.78, 5) is 37.4. The van der Waals surface area contributed by atoms with Gasteiger partial charge in [-0.15, -0.1) is 11.3 Å². The lowest BCUT2D eigenvalue weighted by atomic mass is 9.98. The Kier molecular flexibility index (Phi) is 6.54. The second-order valence-corrected chi connectivity index (χ2v) is 11.2. The van der Waals surface area contributed by atoms with Crippen LogP contribution in [0.2, 0.25) is 0 Å². The molecule has 2 saturated heterocycles. The molecule has 7 rings (SSSR count). The SMILES string of the molecule is Cc1cnc(C2CCNC2)nc1-c1cc2cnc(Nc3ccc(C4CCNC4)cc3)nc2n(-c2nccs2)c1=O. The number of hydrogen-bond donors (Lipinski definition) is 3. The molecule has 3 N–H and O–H groups in total. The summed E-state index contributed by atoms with van der Waals surface area (Å²) in [6.45, 7) is 5.80. The molecule has 0 radical (unpaired) electrons. The first-order valence-electron chi connectivity index (χ1n) is 13.6. The van der Waals surface area contributed by atoms with Gasteiger partial charge in [0.1, 0.15) is 5.82 Å². The van der Waals surface area contributed by atoms with Gasteiger partial charge in [0, 0.05) is 54.1 Å². The molecule has 40 heavy (non-hydrogen) atoms. The van der Waals surface area contributed by atoms with E-state index < -0.39 is 0 Å². The highest BCUT2D eigenvalue weighted by Gasteiger charge is 2.23. The van der Waals surface area contributed by atoms with Gasteiger partial charge < -0.3 is 16.0 Å². The quantitative estimate of drug-likeness (QED) is 0.288. The van der Waals surface area contributed by atoms with Gasteiger partial charge in [-0.05, 0) is 68.1 Å². The first-order valence-corrected chi connectivity index (χ1v) is 14.5. The fraction of sp³-hybridized carbons (Fsp3) is 0.310. The Labute approximate surface area is 235 Å². The first kappa shape index (κ1) is 24.9. The van der Waals surface area contributed by atoms with E-state index in [1.165, 1.54) is 16.9 Å². The zero-order valence-corrected chi connectivity index (χ0v) is 22.9. The van der Waals surface area contributed by atoms with E-state index in [4.69, 9.17) is 9.97 Å². The summed E-state index contributed by atoms with van der Waals surface area (Å²) in [6.07, 6.45) is 7.38. The zero-order chi connectivity index (χ0) is 27.1. The average Bonchev–Trinajstić information content (AvgIpc) is 3.78. The van der Waals surface area contributed by atoms with E-state index in [-0.39, 0.29) is 11.5 Å². The maximum atomic E-state index is 14.1. The van der Waals surface area contributed by atoms with E-state index in [2.05, 4.69) is 43.0 Å². The Hall–Kier alpha value is -4.06. The lowest BCUT2D eigenvalue weighted by Crippen LogP contribution is -2.22. The van der Waals surface area contributed by atoms with Crippen LogP contribution in [0.4, 0.5) is 11.6 Å². The van der Waals surface area contributed by atoms with Crippen LogP contribution in [0.3, 0.4) is 0 Å². The normalized spacial score (nSPS) is 18.9. The van der Waals surface area contributed by atoms with Gasteiger partial charge in [-0.1, -0.05) is 12.1 Å². The van der Waals surface area contributed by atoms with Crippen molar-refractivity contribution in [2.45, 2.75) is 31.6 Å². The third-order valence-electron chi connectivity index (χ3n) is 7.72. The van der Waals surface area contributed by atoms with Crippen LogP contribution in [0, 0.1) is 6.92 Å². The number of benzene rings is 1. The fourth-order valence-corrected chi connectivity index (χ4v) is 6.18. The molecule has 2 aliphatic heterocycles. The summed E-state index contributed by atoms with van der Waals surface area (Å²) in [7, 11) is 0. The monoisotopic (exact) mass is 551 g/mol. The molecule has 10 nitrogen and oxygen atoms in total.